The molecule has 6 heteroatoms. The van der Waals surface area contributed by atoms with Crippen LogP contribution in [-0.4, -0.2) is 14.5 Å². The Kier molecular flexibility index (Phi) is 2.54. The highest BCUT2D eigenvalue weighted by Crippen LogP contribution is 2.22. The molecule has 0 saturated heterocycles. The third-order valence-corrected chi connectivity index (χ3v) is 3.24. The van der Waals surface area contributed by atoms with E-state index in [1.165, 1.54) is 0 Å². The maximum absolute atomic E-state index is 11.5. The van der Waals surface area contributed by atoms with Gasteiger partial charge in [0.05, 0.1) is 11.4 Å². The summed E-state index contributed by atoms with van der Waals surface area (Å²) in [5, 5.41) is 0. The van der Waals surface area contributed by atoms with Crippen LogP contribution in [0, 0.1) is 0 Å². The maximum atomic E-state index is 11.5. The van der Waals surface area contributed by atoms with Gasteiger partial charge in [0.2, 0.25) is 0 Å². The SMILES string of the molecule is Nc1ccccc1NS(=O)(=O)NC1CC1. The summed E-state index contributed by atoms with van der Waals surface area (Å²) < 4.78 is 28.0. The number of hydrogen-bond acceptors (Lipinski definition) is 3. The highest BCUT2D eigenvalue weighted by Gasteiger charge is 2.26. The lowest BCUT2D eigenvalue weighted by atomic mass is 10.3. The van der Waals surface area contributed by atoms with Gasteiger partial charge in [0.15, 0.2) is 0 Å². The largest absolute Gasteiger partial charge is 0.397 e. The summed E-state index contributed by atoms with van der Waals surface area (Å²) in [6.45, 7) is 0. The summed E-state index contributed by atoms with van der Waals surface area (Å²) in [6.07, 6.45) is 1.82. The zero-order valence-electron chi connectivity index (χ0n) is 8.10. The lowest BCUT2D eigenvalue weighted by molar-refractivity contribution is 0.586. The fourth-order valence-corrected chi connectivity index (χ4v) is 2.39. The average molecular weight is 227 g/mol. The summed E-state index contributed by atoms with van der Waals surface area (Å²) in [7, 11) is -3.47. The van der Waals surface area contributed by atoms with E-state index in [0.29, 0.717) is 11.4 Å². The van der Waals surface area contributed by atoms with E-state index in [-0.39, 0.29) is 6.04 Å². The van der Waals surface area contributed by atoms with Crippen molar-refractivity contribution in [1.29, 1.82) is 0 Å². The number of nitrogens with two attached hydrogens (primary N) is 1. The van der Waals surface area contributed by atoms with Crippen LogP contribution in [0.5, 0.6) is 0 Å². The first-order valence-corrected chi connectivity index (χ1v) is 6.20. The zero-order valence-corrected chi connectivity index (χ0v) is 8.92. The van der Waals surface area contributed by atoms with E-state index in [0.717, 1.165) is 12.8 Å². The van der Waals surface area contributed by atoms with Gasteiger partial charge in [-0.1, -0.05) is 12.1 Å². The van der Waals surface area contributed by atoms with E-state index in [1.807, 2.05) is 0 Å². The van der Waals surface area contributed by atoms with Crippen molar-refractivity contribution in [3.05, 3.63) is 24.3 Å². The topological polar surface area (TPSA) is 84.2 Å². The van der Waals surface area contributed by atoms with Crippen LogP contribution in [0.15, 0.2) is 24.3 Å². The number of nitrogens with one attached hydrogen (secondary N) is 2. The van der Waals surface area contributed by atoms with Crippen molar-refractivity contribution in [2.24, 2.45) is 0 Å². The van der Waals surface area contributed by atoms with Gasteiger partial charge in [-0.25, -0.2) is 0 Å². The van der Waals surface area contributed by atoms with Gasteiger partial charge in [0.25, 0.3) is 10.2 Å². The Balaban J connectivity index is 2.10. The van der Waals surface area contributed by atoms with Crippen LogP contribution in [0.25, 0.3) is 0 Å². The van der Waals surface area contributed by atoms with Gasteiger partial charge in [0, 0.05) is 6.04 Å². The second-order valence-electron chi connectivity index (χ2n) is 3.58. The molecule has 5 nitrogen and oxygen atoms in total. The van der Waals surface area contributed by atoms with Crippen LogP contribution in [0.4, 0.5) is 11.4 Å². The van der Waals surface area contributed by atoms with Crippen LogP contribution < -0.4 is 15.2 Å². The Morgan fingerprint density at radius 1 is 1.27 bits per heavy atom. The van der Waals surface area contributed by atoms with Crippen LogP contribution in [0.2, 0.25) is 0 Å². The molecule has 0 radical (unpaired) electrons. The highest BCUT2D eigenvalue weighted by molar-refractivity contribution is 7.90. The molecule has 0 spiro atoms. The highest BCUT2D eigenvalue weighted by atomic mass is 32.2. The van der Waals surface area contributed by atoms with Crippen molar-refractivity contribution in [3.8, 4) is 0 Å². The molecule has 0 atom stereocenters. The smallest absolute Gasteiger partial charge is 0.299 e. The first-order valence-electron chi connectivity index (χ1n) is 4.71. The lowest BCUT2D eigenvalue weighted by Gasteiger charge is -2.10. The van der Waals surface area contributed by atoms with Crippen molar-refractivity contribution >= 4 is 21.6 Å². The molecule has 2 rings (SSSR count). The summed E-state index contributed by atoms with van der Waals surface area (Å²) in [5.74, 6) is 0. The summed E-state index contributed by atoms with van der Waals surface area (Å²) in [6, 6.07) is 6.84. The second kappa shape index (κ2) is 3.71. The third-order valence-electron chi connectivity index (χ3n) is 2.10. The Morgan fingerprint density at radius 2 is 1.93 bits per heavy atom. The minimum Gasteiger partial charge on any atom is -0.397 e. The molecule has 1 aliphatic rings. The van der Waals surface area contributed by atoms with Crippen molar-refractivity contribution in [1.82, 2.24) is 4.72 Å². The van der Waals surface area contributed by atoms with Gasteiger partial charge >= 0.3 is 0 Å². The number of hydrogen-bond donors (Lipinski definition) is 3. The molecule has 0 amide bonds. The van der Waals surface area contributed by atoms with Crippen LogP contribution in [-0.2, 0) is 10.2 Å². The minimum absolute atomic E-state index is 0.0902. The van der Waals surface area contributed by atoms with Gasteiger partial charge in [-0.2, -0.15) is 13.1 Å². The fourth-order valence-electron chi connectivity index (χ4n) is 1.18. The first kappa shape index (κ1) is 10.3. The molecule has 0 bridgehead atoms. The van der Waals surface area contributed by atoms with E-state index in [4.69, 9.17) is 5.73 Å². The Labute approximate surface area is 88.9 Å². The number of benzene rings is 1. The van der Waals surface area contributed by atoms with E-state index in [9.17, 15) is 8.42 Å². The summed E-state index contributed by atoms with van der Waals surface area (Å²) in [5.41, 5.74) is 6.44. The number of rotatable bonds is 4. The molecule has 0 aliphatic heterocycles. The third kappa shape index (κ3) is 2.84. The molecule has 4 N–H and O–H groups in total. The Hall–Kier alpha value is -1.27. The number of anilines is 2. The lowest BCUT2D eigenvalue weighted by Crippen LogP contribution is -2.31. The molecule has 1 aromatic carbocycles. The molecule has 1 saturated carbocycles. The molecule has 1 fully saturated rings. The van der Waals surface area contributed by atoms with Gasteiger partial charge in [-0.15, -0.1) is 0 Å². The second-order valence-corrected chi connectivity index (χ2v) is 5.03. The fraction of sp³-hybridized carbons (Fsp3) is 0.333. The van der Waals surface area contributed by atoms with E-state index in [2.05, 4.69) is 9.44 Å². The van der Waals surface area contributed by atoms with Crippen LogP contribution in [0.1, 0.15) is 12.8 Å². The molecule has 82 valence electrons. The molecule has 1 aliphatic carbocycles. The van der Waals surface area contributed by atoms with Crippen molar-refractivity contribution in [2.75, 3.05) is 10.5 Å². The normalized spacial score (nSPS) is 16.3. The zero-order chi connectivity index (χ0) is 10.9. The van der Waals surface area contributed by atoms with E-state index >= 15 is 0 Å². The number of para-hydroxylation sites is 2. The van der Waals surface area contributed by atoms with Crippen molar-refractivity contribution in [3.63, 3.8) is 0 Å². The van der Waals surface area contributed by atoms with Crippen molar-refractivity contribution in [2.45, 2.75) is 18.9 Å². The van der Waals surface area contributed by atoms with Gasteiger partial charge in [-0.05, 0) is 25.0 Å². The van der Waals surface area contributed by atoms with E-state index in [1.54, 1.807) is 24.3 Å². The molecule has 0 unspecified atom stereocenters. The van der Waals surface area contributed by atoms with Crippen molar-refractivity contribution < 1.29 is 8.42 Å². The summed E-state index contributed by atoms with van der Waals surface area (Å²) >= 11 is 0. The molecule has 0 heterocycles. The number of nitrogen functional groups attached to an aromatic ring is 1. The first-order chi connectivity index (χ1) is 7.07. The molecular weight excluding hydrogens is 214 g/mol. The summed E-state index contributed by atoms with van der Waals surface area (Å²) in [4.78, 5) is 0. The Morgan fingerprint density at radius 3 is 2.53 bits per heavy atom. The maximum Gasteiger partial charge on any atom is 0.299 e. The molecule has 0 aromatic heterocycles. The van der Waals surface area contributed by atoms with Crippen LogP contribution in [0.3, 0.4) is 0 Å². The Bertz CT molecular complexity index is 454. The monoisotopic (exact) mass is 227 g/mol. The van der Waals surface area contributed by atoms with Crippen LogP contribution >= 0.6 is 0 Å². The quantitative estimate of drug-likeness (QED) is 0.661. The standard InChI is InChI=1S/C9H13N3O2S/c10-8-3-1-2-4-9(8)12-15(13,14)11-7-5-6-7/h1-4,7,11-12H,5-6,10H2. The minimum atomic E-state index is -3.47. The van der Waals surface area contributed by atoms with E-state index < -0.39 is 10.2 Å². The predicted molar refractivity (Wildman–Crippen MR) is 59.6 cm³/mol. The van der Waals surface area contributed by atoms with Gasteiger partial charge < -0.3 is 5.73 Å². The van der Waals surface area contributed by atoms with Gasteiger partial charge in [-0.3, -0.25) is 4.72 Å². The molecular formula is C9H13N3O2S. The molecule has 15 heavy (non-hydrogen) atoms. The average Bonchev–Trinajstić information content (AvgIpc) is 2.91. The van der Waals surface area contributed by atoms with Gasteiger partial charge in [0.1, 0.15) is 0 Å². The predicted octanol–water partition coefficient (Wildman–Crippen LogP) is 0.677. The molecule has 1 aromatic rings.